The second kappa shape index (κ2) is 10.0. The minimum atomic E-state index is -0.861. The Balaban J connectivity index is 1.70. The average molecular weight is 489 g/mol. The number of hydrogen-bond donors (Lipinski definition) is 2. The van der Waals surface area contributed by atoms with Gasteiger partial charge in [0.15, 0.2) is 18.2 Å². The zero-order chi connectivity index (χ0) is 24.2. The van der Waals surface area contributed by atoms with Gasteiger partial charge in [0.1, 0.15) is 22.6 Å². The molecule has 0 aliphatic heterocycles. The molecule has 0 saturated heterocycles. The van der Waals surface area contributed by atoms with Crippen LogP contribution in [0.25, 0.3) is 27.8 Å². The fourth-order valence-corrected chi connectivity index (χ4v) is 3.61. The molecule has 0 radical (unpaired) electrons. The predicted octanol–water partition coefficient (Wildman–Crippen LogP) is 3.45. The molecule has 11 heteroatoms. The van der Waals surface area contributed by atoms with Gasteiger partial charge < -0.3 is 19.8 Å². The van der Waals surface area contributed by atoms with Gasteiger partial charge in [-0.05, 0) is 36.4 Å². The Kier molecular flexibility index (Phi) is 6.90. The van der Waals surface area contributed by atoms with Crippen molar-refractivity contribution in [1.29, 1.82) is 0 Å². The van der Waals surface area contributed by atoms with E-state index in [-0.39, 0.29) is 34.1 Å². The number of para-hydroxylation sites is 1. The standard InChI is InChI=1S/C23H19ClF2N4O4/c1-33-10-9-27-18(31)12-34-14-7-5-13(6-8-14)20-19-21(15(24)11-28-23(19)32)30(29-20)22-16(25)3-2-4-17(22)26/h2-8,11H,9-10,12H2,1H3,(H,27,31)(H,28,32). The van der Waals surface area contributed by atoms with Crippen LogP contribution in [0.5, 0.6) is 5.75 Å². The number of carbonyl (C=O) groups excluding carboxylic acids is 1. The van der Waals surface area contributed by atoms with Crippen molar-refractivity contribution in [2.45, 2.75) is 0 Å². The van der Waals surface area contributed by atoms with E-state index in [0.717, 1.165) is 16.8 Å². The summed E-state index contributed by atoms with van der Waals surface area (Å²) in [5.74, 6) is -1.62. The van der Waals surface area contributed by atoms with Crippen molar-refractivity contribution < 1.29 is 23.0 Å². The van der Waals surface area contributed by atoms with Gasteiger partial charge in [-0.1, -0.05) is 17.7 Å². The van der Waals surface area contributed by atoms with E-state index in [9.17, 15) is 18.4 Å². The zero-order valence-corrected chi connectivity index (χ0v) is 18.7. The van der Waals surface area contributed by atoms with Crippen LogP contribution in [0, 0.1) is 11.6 Å². The summed E-state index contributed by atoms with van der Waals surface area (Å²) in [6, 6.07) is 9.81. The van der Waals surface area contributed by atoms with Crippen molar-refractivity contribution in [3.63, 3.8) is 0 Å². The number of aromatic amines is 1. The van der Waals surface area contributed by atoms with E-state index in [4.69, 9.17) is 21.1 Å². The summed E-state index contributed by atoms with van der Waals surface area (Å²) in [5, 5.41) is 7.11. The average Bonchev–Trinajstić information content (AvgIpc) is 3.22. The first kappa shape index (κ1) is 23.4. The number of nitrogens with one attached hydrogen (secondary N) is 2. The normalized spacial score (nSPS) is 11.1. The minimum absolute atomic E-state index is 0.0652. The van der Waals surface area contributed by atoms with E-state index in [1.54, 1.807) is 24.3 Å². The van der Waals surface area contributed by atoms with Crippen molar-refractivity contribution in [2.75, 3.05) is 26.9 Å². The van der Waals surface area contributed by atoms with Gasteiger partial charge >= 0.3 is 0 Å². The summed E-state index contributed by atoms with van der Waals surface area (Å²) >= 11 is 6.29. The second-order valence-electron chi connectivity index (χ2n) is 7.18. The van der Waals surface area contributed by atoms with Gasteiger partial charge in [0.05, 0.1) is 17.0 Å². The SMILES string of the molecule is COCCNC(=O)COc1ccc(-c2nn(-c3c(F)cccc3F)c3c(Cl)c[nH]c(=O)c23)cc1. The summed E-state index contributed by atoms with van der Waals surface area (Å²) in [6.45, 7) is 0.566. The number of benzene rings is 2. The van der Waals surface area contributed by atoms with Crippen LogP contribution in [-0.4, -0.2) is 47.5 Å². The van der Waals surface area contributed by atoms with Gasteiger partial charge in [0.25, 0.3) is 11.5 Å². The number of amides is 1. The molecule has 34 heavy (non-hydrogen) atoms. The summed E-state index contributed by atoms with van der Waals surface area (Å²) < 4.78 is 40.4. The van der Waals surface area contributed by atoms with Crippen LogP contribution < -0.4 is 15.6 Å². The number of hydrogen-bond acceptors (Lipinski definition) is 5. The number of carbonyl (C=O) groups is 1. The zero-order valence-electron chi connectivity index (χ0n) is 17.9. The molecule has 0 spiro atoms. The highest BCUT2D eigenvalue weighted by molar-refractivity contribution is 6.35. The number of pyridine rings is 1. The van der Waals surface area contributed by atoms with Crippen LogP contribution in [0.1, 0.15) is 0 Å². The molecular weight excluding hydrogens is 470 g/mol. The summed E-state index contributed by atoms with van der Waals surface area (Å²) in [4.78, 5) is 26.9. The lowest BCUT2D eigenvalue weighted by Crippen LogP contribution is -2.31. The molecule has 2 aromatic carbocycles. The molecule has 0 bridgehead atoms. The maximum Gasteiger partial charge on any atom is 0.259 e. The Morgan fingerprint density at radius 3 is 2.56 bits per heavy atom. The molecule has 0 fully saturated rings. The number of rotatable bonds is 8. The molecule has 0 saturated carbocycles. The van der Waals surface area contributed by atoms with Gasteiger partial charge in [0, 0.05) is 25.4 Å². The van der Waals surface area contributed by atoms with Gasteiger partial charge in [-0.3, -0.25) is 9.59 Å². The Bertz CT molecular complexity index is 1380. The molecule has 2 heterocycles. The molecule has 4 rings (SSSR count). The van der Waals surface area contributed by atoms with Gasteiger partial charge in [-0.15, -0.1) is 0 Å². The summed E-state index contributed by atoms with van der Waals surface area (Å²) in [5.41, 5.74) is -0.260. The molecule has 176 valence electrons. The van der Waals surface area contributed by atoms with Gasteiger partial charge in [-0.2, -0.15) is 5.10 Å². The number of methoxy groups -OCH3 is 1. The van der Waals surface area contributed by atoms with Gasteiger partial charge in [0.2, 0.25) is 0 Å². The molecule has 0 aliphatic rings. The van der Waals surface area contributed by atoms with E-state index in [1.165, 1.54) is 19.4 Å². The van der Waals surface area contributed by atoms with Crippen molar-refractivity contribution >= 4 is 28.4 Å². The minimum Gasteiger partial charge on any atom is -0.484 e. The number of fused-ring (bicyclic) bond motifs is 1. The third-order valence-corrected chi connectivity index (χ3v) is 5.23. The van der Waals surface area contributed by atoms with E-state index >= 15 is 0 Å². The number of aromatic nitrogens is 3. The smallest absolute Gasteiger partial charge is 0.259 e. The maximum atomic E-state index is 14.5. The molecule has 4 aromatic rings. The number of H-pyrrole nitrogens is 1. The van der Waals surface area contributed by atoms with Crippen LogP contribution in [0.2, 0.25) is 5.02 Å². The third kappa shape index (κ3) is 4.63. The summed E-state index contributed by atoms with van der Waals surface area (Å²) in [6.07, 6.45) is 1.24. The maximum absolute atomic E-state index is 14.5. The van der Waals surface area contributed by atoms with Crippen LogP contribution in [0.3, 0.4) is 0 Å². The molecule has 0 aliphatic carbocycles. The summed E-state index contributed by atoms with van der Waals surface area (Å²) in [7, 11) is 1.53. The molecule has 2 N–H and O–H groups in total. The lowest BCUT2D eigenvalue weighted by molar-refractivity contribution is -0.123. The van der Waals surface area contributed by atoms with E-state index in [1.807, 2.05) is 0 Å². The van der Waals surface area contributed by atoms with Crippen molar-refractivity contribution in [3.05, 3.63) is 75.7 Å². The third-order valence-electron chi connectivity index (χ3n) is 4.94. The first-order valence-electron chi connectivity index (χ1n) is 10.1. The lowest BCUT2D eigenvalue weighted by atomic mass is 10.1. The molecular formula is C23H19ClF2N4O4. The van der Waals surface area contributed by atoms with Gasteiger partial charge in [-0.25, -0.2) is 13.5 Å². The quantitative estimate of drug-likeness (QED) is 0.370. The fraction of sp³-hybridized carbons (Fsp3) is 0.174. The monoisotopic (exact) mass is 488 g/mol. The Morgan fingerprint density at radius 1 is 1.18 bits per heavy atom. The molecule has 8 nitrogen and oxygen atoms in total. The van der Waals surface area contributed by atoms with Crippen LogP contribution >= 0.6 is 11.6 Å². The van der Waals surface area contributed by atoms with Crippen LogP contribution in [0.15, 0.2) is 53.5 Å². The van der Waals surface area contributed by atoms with Crippen LogP contribution in [0.4, 0.5) is 8.78 Å². The van der Waals surface area contributed by atoms with E-state index in [0.29, 0.717) is 24.5 Å². The number of nitrogens with zero attached hydrogens (tertiary/aromatic N) is 2. The highest BCUT2D eigenvalue weighted by atomic mass is 35.5. The topological polar surface area (TPSA) is 98.2 Å². The first-order valence-corrected chi connectivity index (χ1v) is 10.5. The van der Waals surface area contributed by atoms with Crippen molar-refractivity contribution in [1.82, 2.24) is 20.1 Å². The second-order valence-corrected chi connectivity index (χ2v) is 7.58. The molecule has 1 amide bonds. The van der Waals surface area contributed by atoms with Crippen molar-refractivity contribution in [3.8, 4) is 22.7 Å². The molecule has 0 unspecified atom stereocenters. The number of halogens is 3. The highest BCUT2D eigenvalue weighted by Gasteiger charge is 2.23. The highest BCUT2D eigenvalue weighted by Crippen LogP contribution is 2.33. The first-order chi connectivity index (χ1) is 16.4. The Labute approximate surface area is 197 Å². The van der Waals surface area contributed by atoms with E-state index in [2.05, 4.69) is 15.4 Å². The number of ether oxygens (including phenoxy) is 2. The Hall–Kier alpha value is -3.76. The largest absolute Gasteiger partial charge is 0.484 e. The van der Waals surface area contributed by atoms with E-state index < -0.39 is 22.9 Å². The fourth-order valence-electron chi connectivity index (χ4n) is 3.38. The lowest BCUT2D eigenvalue weighted by Gasteiger charge is -2.08. The molecule has 0 atom stereocenters. The molecule has 2 aromatic heterocycles. The predicted molar refractivity (Wildman–Crippen MR) is 122 cm³/mol. The van der Waals surface area contributed by atoms with Crippen molar-refractivity contribution in [2.24, 2.45) is 0 Å². The Morgan fingerprint density at radius 2 is 1.88 bits per heavy atom. The van der Waals surface area contributed by atoms with Crippen LogP contribution in [-0.2, 0) is 9.53 Å².